The van der Waals surface area contributed by atoms with Gasteiger partial charge < -0.3 is 25.3 Å². The van der Waals surface area contributed by atoms with E-state index < -0.39 is 11.7 Å². The van der Waals surface area contributed by atoms with E-state index in [1.807, 2.05) is 36.4 Å². The van der Waals surface area contributed by atoms with Crippen molar-refractivity contribution in [2.24, 2.45) is 0 Å². The third-order valence-electron chi connectivity index (χ3n) is 7.40. The molecule has 4 aromatic rings. The number of benzene rings is 2. The largest absolute Gasteiger partial charge is 0.416 e. The minimum atomic E-state index is -4.34. The van der Waals surface area contributed by atoms with Crippen molar-refractivity contribution in [3.63, 3.8) is 0 Å². The number of carbonyl (C=O) groups excluding carboxylic acids is 1. The number of aromatic nitrogens is 3. The third kappa shape index (κ3) is 7.65. The number of aromatic amines is 1. The van der Waals surface area contributed by atoms with Crippen LogP contribution in [0, 0.1) is 0 Å². The fourth-order valence-electron chi connectivity index (χ4n) is 5.21. The summed E-state index contributed by atoms with van der Waals surface area (Å²) < 4.78 is 46.2. The molecule has 11 heteroatoms. The Kier molecular flexibility index (Phi) is 9.38. The molecule has 0 unspecified atom stereocenters. The first-order valence-corrected chi connectivity index (χ1v) is 14.2. The highest BCUT2D eigenvalue weighted by molar-refractivity contribution is 5.89. The van der Waals surface area contributed by atoms with Crippen molar-refractivity contribution in [1.29, 1.82) is 0 Å². The number of hydrogen-bond donors (Lipinski definition) is 3. The van der Waals surface area contributed by atoms with Crippen LogP contribution < -0.4 is 10.6 Å². The molecule has 1 fully saturated rings. The summed E-state index contributed by atoms with van der Waals surface area (Å²) in [6, 6.07) is 17.5. The van der Waals surface area contributed by atoms with Gasteiger partial charge in [-0.05, 0) is 37.0 Å². The van der Waals surface area contributed by atoms with Crippen molar-refractivity contribution >= 4 is 22.8 Å². The van der Waals surface area contributed by atoms with E-state index in [0.29, 0.717) is 55.5 Å². The average Bonchev–Trinajstić information content (AvgIpc) is 3.41. The monoisotopic (exact) mass is 580 g/mol. The highest BCUT2D eigenvalue weighted by Crippen LogP contribution is 2.32. The lowest BCUT2D eigenvalue weighted by molar-refractivity contribution is -0.138. The summed E-state index contributed by atoms with van der Waals surface area (Å²) in [6.07, 6.45) is -2.28. The third-order valence-corrected chi connectivity index (χ3v) is 7.40. The molecule has 0 atom stereocenters. The maximum Gasteiger partial charge on any atom is 0.416 e. The van der Waals surface area contributed by atoms with Gasteiger partial charge in [0.25, 0.3) is 0 Å². The molecule has 0 aliphatic carbocycles. The number of nitrogens with zero attached hydrogens (tertiary/aromatic N) is 3. The van der Waals surface area contributed by atoms with Crippen LogP contribution in [0.2, 0.25) is 0 Å². The number of piperidine rings is 1. The van der Waals surface area contributed by atoms with Gasteiger partial charge in [-0.15, -0.1) is 0 Å². The highest BCUT2D eigenvalue weighted by Gasteiger charge is 2.33. The number of rotatable bonds is 11. The van der Waals surface area contributed by atoms with E-state index in [4.69, 9.17) is 14.7 Å². The Morgan fingerprint density at radius 2 is 1.79 bits per heavy atom. The van der Waals surface area contributed by atoms with Crippen LogP contribution in [0.25, 0.3) is 22.4 Å². The molecule has 1 saturated heterocycles. The van der Waals surface area contributed by atoms with Gasteiger partial charge in [-0.3, -0.25) is 4.79 Å². The van der Waals surface area contributed by atoms with Gasteiger partial charge >= 0.3 is 6.18 Å². The molecular formula is C31H35F3N6O2. The molecule has 0 radical (unpaired) electrons. The summed E-state index contributed by atoms with van der Waals surface area (Å²) in [7, 11) is 0. The van der Waals surface area contributed by atoms with Gasteiger partial charge in [-0.1, -0.05) is 48.5 Å². The molecular weight excluding hydrogens is 545 g/mol. The molecule has 1 aliphatic heterocycles. The van der Waals surface area contributed by atoms with Crippen molar-refractivity contribution in [3.8, 4) is 11.4 Å². The van der Waals surface area contributed by atoms with Crippen LogP contribution in [0.5, 0.6) is 0 Å². The topological polar surface area (TPSA) is 95.2 Å². The number of carbonyl (C=O) groups is 1. The molecule has 1 aliphatic rings. The molecule has 2 aromatic carbocycles. The standard InChI is InChI=1S/C31H35F3N6O2/c1-21(41)35-14-15-36-29-26-19-24(37-30(26)39-28(38-29)23-8-3-2-4-9-23)20-42-25-12-17-40(18-13-25)16-11-22-7-5-6-10-27(22)31(32,33)34/h2-10,19,25H,11-18,20H2,1H3,(H,35,41)(H2,36,37,38,39). The first-order valence-electron chi connectivity index (χ1n) is 14.2. The number of likely N-dealkylation sites (tertiary alicyclic amines) is 1. The number of hydrogen-bond acceptors (Lipinski definition) is 6. The second-order valence-corrected chi connectivity index (χ2v) is 10.5. The summed E-state index contributed by atoms with van der Waals surface area (Å²) in [6.45, 7) is 4.98. The van der Waals surface area contributed by atoms with Crippen LogP contribution in [-0.4, -0.2) is 64.6 Å². The van der Waals surface area contributed by atoms with Crippen molar-refractivity contribution in [2.45, 2.75) is 45.1 Å². The van der Waals surface area contributed by atoms with Crippen LogP contribution in [0.3, 0.4) is 0 Å². The molecule has 42 heavy (non-hydrogen) atoms. The smallest absolute Gasteiger partial charge is 0.372 e. The zero-order chi connectivity index (χ0) is 29.5. The molecule has 5 rings (SSSR count). The number of fused-ring (bicyclic) bond motifs is 1. The Balaban J connectivity index is 1.18. The first-order chi connectivity index (χ1) is 20.3. The molecule has 8 nitrogen and oxygen atoms in total. The minimum absolute atomic E-state index is 0.0661. The fraction of sp³-hybridized carbons (Fsp3) is 0.387. The Morgan fingerprint density at radius 3 is 2.52 bits per heavy atom. The van der Waals surface area contributed by atoms with Crippen LogP contribution in [0.15, 0.2) is 60.7 Å². The van der Waals surface area contributed by atoms with Gasteiger partial charge in [0.05, 0.1) is 23.7 Å². The molecule has 3 N–H and O–H groups in total. The summed E-state index contributed by atoms with van der Waals surface area (Å²) in [5.74, 6) is 1.17. The van der Waals surface area contributed by atoms with E-state index in [1.165, 1.54) is 13.0 Å². The predicted octanol–water partition coefficient (Wildman–Crippen LogP) is 5.42. The van der Waals surface area contributed by atoms with Crippen LogP contribution in [-0.2, 0) is 28.7 Å². The Bertz CT molecular complexity index is 1480. The minimum Gasteiger partial charge on any atom is -0.372 e. The van der Waals surface area contributed by atoms with E-state index in [9.17, 15) is 18.0 Å². The van der Waals surface area contributed by atoms with Gasteiger partial charge in [-0.25, -0.2) is 9.97 Å². The maximum atomic E-state index is 13.3. The molecule has 222 valence electrons. The Hall–Kier alpha value is -3.96. The maximum absolute atomic E-state index is 13.3. The highest BCUT2D eigenvalue weighted by atomic mass is 19.4. The number of amides is 1. The molecule has 3 heterocycles. The van der Waals surface area contributed by atoms with Crippen molar-refractivity contribution in [1.82, 2.24) is 25.2 Å². The lowest BCUT2D eigenvalue weighted by atomic mass is 10.0. The van der Waals surface area contributed by atoms with E-state index >= 15 is 0 Å². The van der Waals surface area contributed by atoms with Gasteiger partial charge in [0, 0.05) is 50.9 Å². The van der Waals surface area contributed by atoms with Crippen molar-refractivity contribution in [2.75, 3.05) is 38.0 Å². The molecule has 2 aromatic heterocycles. The number of nitrogens with one attached hydrogen (secondary N) is 3. The number of H-pyrrole nitrogens is 1. The first kappa shape index (κ1) is 29.5. The summed E-state index contributed by atoms with van der Waals surface area (Å²) in [5.41, 5.74) is 2.25. The Labute approximate surface area is 242 Å². The fourth-order valence-corrected chi connectivity index (χ4v) is 5.21. The lowest BCUT2D eigenvalue weighted by Gasteiger charge is -2.32. The lowest BCUT2D eigenvalue weighted by Crippen LogP contribution is -2.38. The molecule has 0 bridgehead atoms. The number of anilines is 1. The zero-order valence-electron chi connectivity index (χ0n) is 23.5. The van der Waals surface area contributed by atoms with E-state index in [1.54, 1.807) is 12.1 Å². The van der Waals surface area contributed by atoms with Crippen molar-refractivity contribution < 1.29 is 22.7 Å². The second kappa shape index (κ2) is 13.3. The van der Waals surface area contributed by atoms with E-state index in [0.717, 1.165) is 48.6 Å². The summed E-state index contributed by atoms with van der Waals surface area (Å²) in [5, 5.41) is 6.93. The van der Waals surface area contributed by atoms with E-state index in [2.05, 4.69) is 20.5 Å². The van der Waals surface area contributed by atoms with E-state index in [-0.39, 0.29) is 12.0 Å². The SMILES string of the molecule is CC(=O)NCCNc1nc(-c2ccccc2)nc2[nH]c(COC3CCN(CCc4ccccc4C(F)(F)F)CC3)cc12. The quantitative estimate of drug-likeness (QED) is 0.205. The summed E-state index contributed by atoms with van der Waals surface area (Å²) in [4.78, 5) is 26.3. The predicted molar refractivity (Wildman–Crippen MR) is 156 cm³/mol. The van der Waals surface area contributed by atoms with Gasteiger partial charge in [0.15, 0.2) is 5.82 Å². The molecule has 0 spiro atoms. The number of alkyl halides is 3. The normalized spacial score (nSPS) is 14.8. The van der Waals surface area contributed by atoms with Crippen LogP contribution in [0.4, 0.5) is 19.0 Å². The number of halogens is 3. The average molecular weight is 581 g/mol. The van der Waals surface area contributed by atoms with Crippen LogP contribution in [0.1, 0.15) is 36.6 Å². The van der Waals surface area contributed by atoms with Crippen LogP contribution >= 0.6 is 0 Å². The molecule has 0 saturated carbocycles. The van der Waals surface area contributed by atoms with Crippen molar-refractivity contribution in [3.05, 3.63) is 77.5 Å². The Morgan fingerprint density at radius 1 is 1.05 bits per heavy atom. The van der Waals surface area contributed by atoms with Gasteiger partial charge in [0.1, 0.15) is 11.5 Å². The van der Waals surface area contributed by atoms with Gasteiger partial charge in [0.2, 0.25) is 5.91 Å². The zero-order valence-corrected chi connectivity index (χ0v) is 23.5. The number of ether oxygens (including phenoxy) is 1. The molecule has 1 amide bonds. The second-order valence-electron chi connectivity index (χ2n) is 10.5. The summed E-state index contributed by atoms with van der Waals surface area (Å²) >= 11 is 0. The van der Waals surface area contributed by atoms with Gasteiger partial charge in [-0.2, -0.15) is 13.2 Å².